The first-order valence-electron chi connectivity index (χ1n) is 14.8. The van der Waals surface area contributed by atoms with E-state index in [4.69, 9.17) is 9.84 Å². The Labute approximate surface area is 225 Å². The summed E-state index contributed by atoms with van der Waals surface area (Å²) in [5.74, 6) is 2.19. The third-order valence-electron chi connectivity index (χ3n) is 7.36. The summed E-state index contributed by atoms with van der Waals surface area (Å²) in [5, 5.41) is 9.10. The molecule has 36 heavy (non-hydrogen) atoms. The van der Waals surface area contributed by atoms with Gasteiger partial charge in [0.1, 0.15) is 0 Å². The van der Waals surface area contributed by atoms with E-state index in [0.29, 0.717) is 18.3 Å². The molecular weight excluding hydrogens is 495 g/mol. The van der Waals surface area contributed by atoms with Crippen LogP contribution in [0, 0.1) is 5.92 Å². The van der Waals surface area contributed by atoms with E-state index in [9.17, 15) is 14.3 Å². The fourth-order valence-electron chi connectivity index (χ4n) is 5.03. The Morgan fingerprint density at radius 1 is 0.917 bits per heavy atom. The SMILES string of the molecule is CCCCCCC[C@@H](SCCCCCCCCC1CCCCC1)[C@H](C)OCCCOP(=O)(O)C(=O)O. The lowest BCUT2D eigenvalue weighted by atomic mass is 9.85. The predicted octanol–water partition coefficient (Wildman–Crippen LogP) is 9.43. The Balaban J connectivity index is 2.18. The van der Waals surface area contributed by atoms with Crippen LogP contribution in [0.25, 0.3) is 0 Å². The average Bonchev–Trinajstić information content (AvgIpc) is 2.86. The molecule has 0 aliphatic heterocycles. The van der Waals surface area contributed by atoms with Crippen molar-refractivity contribution in [3.8, 4) is 0 Å². The van der Waals surface area contributed by atoms with Crippen molar-refractivity contribution in [2.24, 2.45) is 5.92 Å². The zero-order valence-corrected chi connectivity index (χ0v) is 24.9. The predicted molar refractivity (Wildman–Crippen MR) is 152 cm³/mol. The molecule has 2 N–H and O–H groups in total. The first-order valence-corrected chi connectivity index (χ1v) is 17.4. The second kappa shape index (κ2) is 21.8. The molecule has 0 amide bonds. The van der Waals surface area contributed by atoms with Gasteiger partial charge in [-0.2, -0.15) is 11.8 Å². The molecule has 0 bridgehead atoms. The van der Waals surface area contributed by atoms with Gasteiger partial charge in [-0.3, -0.25) is 0 Å². The molecule has 0 saturated heterocycles. The smallest absolute Gasteiger partial charge is 0.435 e. The van der Waals surface area contributed by atoms with Crippen molar-refractivity contribution < 1.29 is 28.6 Å². The molecule has 0 spiro atoms. The molecular formula is C28H55O6PS. The zero-order valence-electron chi connectivity index (χ0n) is 23.2. The van der Waals surface area contributed by atoms with Crippen LogP contribution in [0.1, 0.15) is 136 Å². The number of carboxylic acid groups (broad SMARTS) is 1. The zero-order chi connectivity index (χ0) is 26.5. The van der Waals surface area contributed by atoms with Gasteiger partial charge >= 0.3 is 13.3 Å². The molecule has 1 rings (SSSR count). The first-order chi connectivity index (χ1) is 17.4. The van der Waals surface area contributed by atoms with Crippen LogP contribution in [0.3, 0.4) is 0 Å². The summed E-state index contributed by atoms with van der Waals surface area (Å²) >= 11 is 2.03. The van der Waals surface area contributed by atoms with Crippen molar-refractivity contribution in [3.63, 3.8) is 0 Å². The molecule has 0 aromatic carbocycles. The van der Waals surface area contributed by atoms with Gasteiger partial charge in [-0.25, -0.2) is 9.36 Å². The third-order valence-corrected chi connectivity index (χ3v) is 9.94. The number of unbranched alkanes of at least 4 members (excludes halogenated alkanes) is 9. The van der Waals surface area contributed by atoms with E-state index >= 15 is 0 Å². The first kappa shape index (κ1) is 34.0. The molecule has 1 saturated carbocycles. The molecule has 0 aromatic heterocycles. The second-order valence-corrected chi connectivity index (χ2v) is 13.6. The summed E-state index contributed by atoms with van der Waals surface area (Å²) in [6.45, 7) is 4.66. The summed E-state index contributed by atoms with van der Waals surface area (Å²) < 4.78 is 21.9. The van der Waals surface area contributed by atoms with Gasteiger partial charge in [-0.05, 0) is 37.9 Å². The Bertz CT molecular complexity index is 584. The molecule has 0 aromatic rings. The molecule has 214 valence electrons. The van der Waals surface area contributed by atoms with Crippen LogP contribution in [0.4, 0.5) is 4.79 Å². The van der Waals surface area contributed by atoms with Gasteiger partial charge in [0, 0.05) is 11.9 Å². The fourth-order valence-corrected chi connectivity index (χ4v) is 6.88. The van der Waals surface area contributed by atoms with Gasteiger partial charge in [0.15, 0.2) is 0 Å². The van der Waals surface area contributed by atoms with Gasteiger partial charge in [0.05, 0.1) is 12.7 Å². The van der Waals surface area contributed by atoms with Crippen molar-refractivity contribution in [1.82, 2.24) is 0 Å². The standard InChI is InChI=1S/C28H55O6PS/c1-3-4-5-8-15-21-27(25(2)33-22-17-23-34-35(31,32)28(29)30)36-24-16-10-7-6-9-12-18-26-19-13-11-14-20-26/h25-27H,3-24H2,1-2H3,(H,29,30)(H,31,32)/t25-,27+/m0/s1. The van der Waals surface area contributed by atoms with Crippen LogP contribution >= 0.6 is 19.4 Å². The van der Waals surface area contributed by atoms with E-state index in [1.165, 1.54) is 115 Å². The third kappa shape index (κ3) is 17.4. The summed E-state index contributed by atoms with van der Waals surface area (Å²) in [4.78, 5) is 19.8. The molecule has 1 fully saturated rings. The van der Waals surface area contributed by atoms with Crippen LogP contribution < -0.4 is 0 Å². The molecule has 1 aliphatic rings. The minimum absolute atomic E-state index is 0.0950. The highest BCUT2D eigenvalue weighted by molar-refractivity contribution is 7.99. The summed E-state index contributed by atoms with van der Waals surface area (Å²) in [5.41, 5.74) is -1.81. The van der Waals surface area contributed by atoms with E-state index in [0.717, 1.165) is 12.3 Å². The lowest BCUT2D eigenvalue weighted by molar-refractivity contribution is 0.0537. The summed E-state index contributed by atoms with van der Waals surface area (Å²) in [7, 11) is -4.55. The highest BCUT2D eigenvalue weighted by Gasteiger charge is 2.29. The van der Waals surface area contributed by atoms with Crippen molar-refractivity contribution in [2.75, 3.05) is 19.0 Å². The molecule has 0 radical (unpaired) electrons. The lowest BCUT2D eigenvalue weighted by Gasteiger charge is -2.24. The Hall–Kier alpha value is -0.0700. The molecule has 6 nitrogen and oxygen atoms in total. The Morgan fingerprint density at radius 3 is 2.25 bits per heavy atom. The van der Waals surface area contributed by atoms with Crippen molar-refractivity contribution in [1.29, 1.82) is 0 Å². The number of hydrogen-bond donors (Lipinski definition) is 2. The second-order valence-electron chi connectivity index (χ2n) is 10.6. The molecule has 1 unspecified atom stereocenters. The van der Waals surface area contributed by atoms with Crippen LogP contribution in [0.15, 0.2) is 0 Å². The molecule has 0 heterocycles. The van der Waals surface area contributed by atoms with Crippen molar-refractivity contribution in [2.45, 2.75) is 147 Å². The minimum Gasteiger partial charge on any atom is -0.472 e. The van der Waals surface area contributed by atoms with E-state index < -0.39 is 13.3 Å². The van der Waals surface area contributed by atoms with Gasteiger partial charge in [0.2, 0.25) is 0 Å². The quantitative estimate of drug-likeness (QED) is 0.0913. The van der Waals surface area contributed by atoms with E-state index in [1.54, 1.807) is 0 Å². The number of hydrogen-bond acceptors (Lipinski definition) is 5. The topological polar surface area (TPSA) is 93.1 Å². The maximum absolute atomic E-state index is 11.3. The van der Waals surface area contributed by atoms with E-state index in [1.807, 2.05) is 11.8 Å². The maximum Gasteiger partial charge on any atom is 0.435 e. The van der Waals surface area contributed by atoms with Crippen LogP contribution in [-0.2, 0) is 13.8 Å². The Kier molecular flexibility index (Phi) is 20.6. The summed E-state index contributed by atoms with van der Waals surface area (Å²) in [6, 6.07) is 0. The van der Waals surface area contributed by atoms with Gasteiger partial charge in [-0.15, -0.1) is 0 Å². The van der Waals surface area contributed by atoms with Crippen LogP contribution in [0.5, 0.6) is 0 Å². The maximum atomic E-state index is 11.3. The Morgan fingerprint density at radius 2 is 1.56 bits per heavy atom. The number of carbonyl (C=O) groups is 1. The van der Waals surface area contributed by atoms with Crippen LogP contribution in [0.2, 0.25) is 0 Å². The molecule has 3 atom stereocenters. The summed E-state index contributed by atoms with van der Waals surface area (Å²) in [6.07, 6.45) is 24.9. The van der Waals surface area contributed by atoms with Gasteiger partial charge in [-0.1, -0.05) is 110 Å². The van der Waals surface area contributed by atoms with Gasteiger partial charge in [0.25, 0.3) is 0 Å². The average molecular weight is 551 g/mol. The number of ether oxygens (including phenoxy) is 1. The highest BCUT2D eigenvalue weighted by Crippen LogP contribution is 2.42. The normalized spacial score (nSPS) is 18.1. The minimum atomic E-state index is -4.55. The van der Waals surface area contributed by atoms with Crippen LogP contribution in [-0.4, -0.2) is 46.0 Å². The number of thioether (sulfide) groups is 1. The van der Waals surface area contributed by atoms with E-state index in [-0.39, 0.29) is 12.7 Å². The highest BCUT2D eigenvalue weighted by atomic mass is 32.2. The van der Waals surface area contributed by atoms with Crippen molar-refractivity contribution >= 4 is 25.1 Å². The van der Waals surface area contributed by atoms with Crippen molar-refractivity contribution in [3.05, 3.63) is 0 Å². The molecule has 8 heteroatoms. The van der Waals surface area contributed by atoms with E-state index in [2.05, 4.69) is 18.4 Å². The van der Waals surface area contributed by atoms with Gasteiger partial charge < -0.3 is 19.3 Å². The number of rotatable bonds is 24. The largest absolute Gasteiger partial charge is 0.472 e. The molecule has 1 aliphatic carbocycles. The lowest BCUT2D eigenvalue weighted by Crippen LogP contribution is -2.25. The fraction of sp³-hybridized carbons (Fsp3) is 0.964. The monoisotopic (exact) mass is 550 g/mol.